The molecule has 0 radical (unpaired) electrons. The average molecular weight is 408 g/mol. The lowest BCUT2D eigenvalue weighted by Crippen LogP contribution is -2.55. The molecule has 0 aliphatic heterocycles. The first-order chi connectivity index (χ1) is 14.5. The van der Waals surface area contributed by atoms with Crippen LogP contribution in [0.5, 0.6) is 0 Å². The van der Waals surface area contributed by atoms with Crippen molar-refractivity contribution < 1.29 is 9.32 Å². The van der Waals surface area contributed by atoms with Crippen LogP contribution >= 0.6 is 0 Å². The first kappa shape index (κ1) is 19.8. The van der Waals surface area contributed by atoms with Crippen LogP contribution in [0.15, 0.2) is 28.8 Å². The summed E-state index contributed by atoms with van der Waals surface area (Å²) in [7, 11) is 0. The molecule has 1 amide bonds. The summed E-state index contributed by atoms with van der Waals surface area (Å²) in [6, 6.07) is 8.48. The van der Waals surface area contributed by atoms with Gasteiger partial charge in [-0.05, 0) is 80.6 Å². The number of nitrogens with zero attached hydrogens (tertiary/aromatic N) is 2. The second-order valence-corrected chi connectivity index (χ2v) is 10.1. The van der Waals surface area contributed by atoms with E-state index in [1.165, 1.54) is 44.1 Å². The van der Waals surface area contributed by atoms with Crippen molar-refractivity contribution in [1.29, 1.82) is 0 Å². The van der Waals surface area contributed by atoms with Crippen LogP contribution in [0.1, 0.15) is 70.2 Å². The Kier molecular flexibility index (Phi) is 5.16. The second-order valence-electron chi connectivity index (χ2n) is 10.1. The van der Waals surface area contributed by atoms with E-state index >= 15 is 0 Å². The summed E-state index contributed by atoms with van der Waals surface area (Å²) in [5.41, 5.74) is 2.57. The van der Waals surface area contributed by atoms with Gasteiger partial charge in [-0.25, -0.2) is 0 Å². The van der Waals surface area contributed by atoms with Gasteiger partial charge in [-0.15, -0.1) is 0 Å². The first-order valence-electron chi connectivity index (χ1n) is 11.7. The molecular weight excluding hydrogens is 374 g/mol. The zero-order chi connectivity index (χ0) is 20.7. The summed E-state index contributed by atoms with van der Waals surface area (Å²) in [4.78, 5) is 17.2. The minimum atomic E-state index is 0.102. The summed E-state index contributed by atoms with van der Waals surface area (Å²) in [5.74, 6) is 3.93. The predicted molar refractivity (Wildman–Crippen MR) is 116 cm³/mol. The minimum Gasteiger partial charge on any atom is -0.353 e. The Labute approximate surface area is 179 Å². The molecule has 0 spiro atoms. The topological polar surface area (TPSA) is 68.0 Å². The predicted octanol–water partition coefficient (Wildman–Crippen LogP) is 4.95. The molecule has 4 aliphatic rings. The zero-order valence-electron chi connectivity index (χ0n) is 18.2. The first-order valence-corrected chi connectivity index (χ1v) is 11.7. The van der Waals surface area contributed by atoms with E-state index < -0.39 is 0 Å². The van der Waals surface area contributed by atoms with Gasteiger partial charge in [0.1, 0.15) is 0 Å². The summed E-state index contributed by atoms with van der Waals surface area (Å²) >= 11 is 0. The van der Waals surface area contributed by atoms with Gasteiger partial charge in [0.2, 0.25) is 17.6 Å². The van der Waals surface area contributed by atoms with Crippen LogP contribution in [0.3, 0.4) is 0 Å². The third kappa shape index (κ3) is 3.79. The Morgan fingerprint density at radius 2 is 1.77 bits per heavy atom. The van der Waals surface area contributed by atoms with E-state index in [0.717, 1.165) is 29.7 Å². The smallest absolute Gasteiger partial charge is 0.227 e. The van der Waals surface area contributed by atoms with Gasteiger partial charge in [0.25, 0.3) is 0 Å². The number of carbonyl (C=O) groups is 1. The van der Waals surface area contributed by atoms with Crippen LogP contribution in [-0.4, -0.2) is 22.1 Å². The van der Waals surface area contributed by atoms with Gasteiger partial charge in [-0.3, -0.25) is 4.79 Å². The number of carbonyl (C=O) groups excluding carboxylic acids is 1. The molecule has 0 saturated heterocycles. The highest BCUT2D eigenvalue weighted by atomic mass is 16.5. The lowest BCUT2D eigenvalue weighted by atomic mass is 9.48. The van der Waals surface area contributed by atoms with Crippen molar-refractivity contribution in [3.8, 4) is 11.4 Å². The monoisotopic (exact) mass is 407 g/mol. The normalized spacial score (nSPS) is 30.4. The van der Waals surface area contributed by atoms with Gasteiger partial charge in [0, 0.05) is 24.4 Å². The fraction of sp³-hybridized carbons (Fsp3) is 0.640. The molecule has 5 nitrogen and oxygen atoms in total. The average Bonchev–Trinajstić information content (AvgIpc) is 3.20. The molecule has 1 aromatic heterocycles. The van der Waals surface area contributed by atoms with Gasteiger partial charge in [0.05, 0.1) is 0 Å². The van der Waals surface area contributed by atoms with E-state index in [9.17, 15) is 4.79 Å². The second kappa shape index (κ2) is 7.82. The van der Waals surface area contributed by atoms with Crippen molar-refractivity contribution in [3.63, 3.8) is 0 Å². The van der Waals surface area contributed by atoms with E-state index in [1.807, 2.05) is 12.1 Å². The fourth-order valence-corrected chi connectivity index (χ4v) is 6.76. The fourth-order valence-electron chi connectivity index (χ4n) is 6.76. The highest BCUT2D eigenvalue weighted by molar-refractivity contribution is 5.76. The minimum absolute atomic E-state index is 0.102. The van der Waals surface area contributed by atoms with E-state index in [-0.39, 0.29) is 11.9 Å². The number of amides is 1. The van der Waals surface area contributed by atoms with Crippen LogP contribution in [-0.2, 0) is 17.6 Å². The molecule has 30 heavy (non-hydrogen) atoms. The quantitative estimate of drug-likeness (QED) is 0.705. The lowest BCUT2D eigenvalue weighted by molar-refractivity contribution is -0.125. The Bertz CT molecular complexity index is 866. The highest BCUT2D eigenvalue weighted by Gasteiger charge is 2.53. The van der Waals surface area contributed by atoms with Gasteiger partial charge < -0.3 is 9.84 Å². The van der Waals surface area contributed by atoms with E-state index in [0.29, 0.717) is 30.0 Å². The van der Waals surface area contributed by atoms with Gasteiger partial charge >= 0.3 is 0 Å². The van der Waals surface area contributed by atoms with Crippen LogP contribution in [0.4, 0.5) is 0 Å². The standard InChI is InChI=1S/C25H33N3O2/c1-3-17-4-6-21(7-5-17)24-27-23(30-28-24)9-8-22(29)26-16(2)25-13-18-10-19(14-25)12-20(11-18)15-25/h4-7,16,18-20H,3,8-15H2,1-2H3,(H,26,29)/t16-,18?,19?,20?,25?/m0/s1. The third-order valence-electron chi connectivity index (χ3n) is 8.04. The van der Waals surface area contributed by atoms with Gasteiger partial charge in [-0.1, -0.05) is 36.3 Å². The Morgan fingerprint density at radius 1 is 1.13 bits per heavy atom. The van der Waals surface area contributed by atoms with Crippen molar-refractivity contribution >= 4 is 5.91 Å². The molecule has 1 N–H and O–H groups in total. The van der Waals surface area contributed by atoms with Crippen LogP contribution in [0, 0.1) is 23.2 Å². The van der Waals surface area contributed by atoms with E-state index in [1.54, 1.807) is 0 Å². The van der Waals surface area contributed by atoms with Crippen molar-refractivity contribution in [2.75, 3.05) is 0 Å². The molecule has 6 rings (SSSR count). The van der Waals surface area contributed by atoms with Crippen molar-refractivity contribution in [1.82, 2.24) is 15.5 Å². The maximum absolute atomic E-state index is 12.7. The Balaban J connectivity index is 1.15. The molecule has 4 fully saturated rings. The molecule has 4 aliphatic carbocycles. The molecule has 4 saturated carbocycles. The van der Waals surface area contributed by atoms with Crippen molar-refractivity contribution in [3.05, 3.63) is 35.7 Å². The largest absolute Gasteiger partial charge is 0.353 e. The molecule has 160 valence electrons. The van der Waals surface area contributed by atoms with Crippen molar-refractivity contribution in [2.24, 2.45) is 23.2 Å². The van der Waals surface area contributed by atoms with Gasteiger partial charge in [-0.2, -0.15) is 4.98 Å². The number of benzene rings is 1. The summed E-state index contributed by atoms with van der Waals surface area (Å²) < 4.78 is 5.39. The number of aromatic nitrogens is 2. The molecule has 1 heterocycles. The Hall–Kier alpha value is -2.17. The number of nitrogens with one attached hydrogen (secondary N) is 1. The number of hydrogen-bond acceptors (Lipinski definition) is 4. The molecule has 0 unspecified atom stereocenters. The maximum atomic E-state index is 12.7. The SMILES string of the molecule is CCc1ccc(-c2noc(CCC(=O)N[C@@H](C)C34CC5CC(CC(C5)C3)C4)n2)cc1. The number of rotatable bonds is 7. The number of aryl methyl sites for hydroxylation is 2. The zero-order valence-corrected chi connectivity index (χ0v) is 18.2. The lowest BCUT2D eigenvalue weighted by Gasteiger charge is -2.59. The van der Waals surface area contributed by atoms with Crippen molar-refractivity contribution in [2.45, 2.75) is 77.7 Å². The Morgan fingerprint density at radius 3 is 2.37 bits per heavy atom. The van der Waals surface area contributed by atoms with Gasteiger partial charge in [0.15, 0.2) is 0 Å². The molecule has 2 aromatic rings. The van der Waals surface area contributed by atoms with Crippen LogP contribution < -0.4 is 5.32 Å². The molecule has 4 bridgehead atoms. The highest BCUT2D eigenvalue weighted by Crippen LogP contribution is 2.61. The van der Waals surface area contributed by atoms with E-state index in [4.69, 9.17) is 4.52 Å². The molecule has 1 atom stereocenters. The third-order valence-corrected chi connectivity index (χ3v) is 8.04. The molecule has 5 heteroatoms. The molecular formula is C25H33N3O2. The number of hydrogen-bond donors (Lipinski definition) is 1. The van der Waals surface area contributed by atoms with Crippen LogP contribution in [0.25, 0.3) is 11.4 Å². The molecule has 1 aromatic carbocycles. The van der Waals surface area contributed by atoms with Crippen LogP contribution in [0.2, 0.25) is 0 Å². The summed E-state index contributed by atoms with van der Waals surface area (Å²) in [6.45, 7) is 4.37. The summed E-state index contributed by atoms with van der Waals surface area (Å²) in [6.07, 6.45) is 10.1. The summed E-state index contributed by atoms with van der Waals surface area (Å²) in [5, 5.41) is 7.42. The van der Waals surface area contributed by atoms with E-state index in [2.05, 4.69) is 41.4 Å². The maximum Gasteiger partial charge on any atom is 0.227 e.